The van der Waals surface area contributed by atoms with E-state index in [0.29, 0.717) is 17.9 Å². The van der Waals surface area contributed by atoms with Gasteiger partial charge in [0.15, 0.2) is 0 Å². The Balaban J connectivity index is 2.54. The van der Waals surface area contributed by atoms with Gasteiger partial charge < -0.3 is 9.84 Å². The van der Waals surface area contributed by atoms with Gasteiger partial charge in [0.05, 0.1) is 6.20 Å². The molecule has 5 heteroatoms. The second-order valence-electron chi connectivity index (χ2n) is 2.79. The van der Waals surface area contributed by atoms with Crippen LogP contribution in [0.25, 0.3) is 0 Å². The van der Waals surface area contributed by atoms with Crippen LogP contribution in [0.1, 0.15) is 23.0 Å². The highest BCUT2D eigenvalue weighted by Gasteiger charge is 2.12. The molecule has 0 aliphatic heterocycles. The molecule has 4 nitrogen and oxygen atoms in total. The monoisotopic (exact) mass is 202 g/mol. The van der Waals surface area contributed by atoms with Gasteiger partial charge in [-0.05, 0) is 13.8 Å². The van der Waals surface area contributed by atoms with Gasteiger partial charge in [0, 0.05) is 11.9 Å². The van der Waals surface area contributed by atoms with Crippen molar-refractivity contribution in [1.29, 1.82) is 0 Å². The summed E-state index contributed by atoms with van der Waals surface area (Å²) in [5.74, 6) is 0.311. The van der Waals surface area contributed by atoms with E-state index in [-0.39, 0.29) is 11.3 Å². The predicted octanol–water partition coefficient (Wildman–Crippen LogP) is 1.34. The maximum Gasteiger partial charge on any atom is 0.256 e. The molecular formula is C8H11ClN2O2. The first-order valence-electron chi connectivity index (χ1n) is 3.95. The van der Waals surface area contributed by atoms with Crippen LogP contribution in [0.4, 0.5) is 0 Å². The van der Waals surface area contributed by atoms with E-state index in [1.54, 1.807) is 6.92 Å². The van der Waals surface area contributed by atoms with Crippen molar-refractivity contribution in [2.45, 2.75) is 19.2 Å². The molecule has 0 spiro atoms. The second kappa shape index (κ2) is 4.28. The van der Waals surface area contributed by atoms with E-state index in [9.17, 15) is 4.79 Å². The Labute approximate surface area is 81.2 Å². The topological polar surface area (TPSA) is 55.1 Å². The molecule has 0 aromatic carbocycles. The van der Waals surface area contributed by atoms with E-state index in [4.69, 9.17) is 16.1 Å². The van der Waals surface area contributed by atoms with Crippen molar-refractivity contribution >= 4 is 17.5 Å². The summed E-state index contributed by atoms with van der Waals surface area (Å²) >= 11 is 5.67. The molecule has 0 radical (unpaired) electrons. The molecule has 0 aliphatic rings. The van der Waals surface area contributed by atoms with Crippen LogP contribution >= 0.6 is 11.6 Å². The molecule has 1 heterocycles. The molecule has 13 heavy (non-hydrogen) atoms. The molecule has 1 N–H and O–H groups in total. The van der Waals surface area contributed by atoms with E-state index in [1.807, 2.05) is 6.92 Å². The zero-order valence-corrected chi connectivity index (χ0v) is 8.26. The Bertz CT molecular complexity index is 296. The number of hydrogen-bond donors (Lipinski definition) is 1. The summed E-state index contributed by atoms with van der Waals surface area (Å²) in [6, 6.07) is 0. The Morgan fingerprint density at radius 2 is 2.54 bits per heavy atom. The van der Waals surface area contributed by atoms with Crippen molar-refractivity contribution in [1.82, 2.24) is 10.5 Å². The van der Waals surface area contributed by atoms with Gasteiger partial charge in [0.25, 0.3) is 5.91 Å². The minimum absolute atomic E-state index is 0.0795. The zero-order valence-electron chi connectivity index (χ0n) is 7.50. The highest BCUT2D eigenvalue weighted by Crippen LogP contribution is 2.05. The minimum atomic E-state index is -0.203. The summed E-state index contributed by atoms with van der Waals surface area (Å²) in [6.07, 6.45) is 1.39. The third-order valence-corrected chi connectivity index (χ3v) is 1.69. The number of rotatable bonds is 3. The Morgan fingerprint density at radius 1 is 1.85 bits per heavy atom. The van der Waals surface area contributed by atoms with Crippen LogP contribution in [0, 0.1) is 6.92 Å². The van der Waals surface area contributed by atoms with Crippen LogP contribution in [0.3, 0.4) is 0 Å². The van der Waals surface area contributed by atoms with Crippen molar-refractivity contribution in [2.75, 3.05) is 6.54 Å². The zero-order chi connectivity index (χ0) is 9.84. The summed E-state index contributed by atoms with van der Waals surface area (Å²) in [7, 11) is 0. The lowest BCUT2D eigenvalue weighted by Crippen LogP contribution is -2.28. The highest BCUT2D eigenvalue weighted by molar-refractivity contribution is 6.20. The van der Waals surface area contributed by atoms with E-state index in [1.165, 1.54) is 6.20 Å². The van der Waals surface area contributed by atoms with Crippen LogP contribution in [0.5, 0.6) is 0 Å². The Kier molecular flexibility index (Phi) is 3.31. The lowest BCUT2D eigenvalue weighted by Gasteiger charge is -2.04. The number of carbonyl (C=O) groups is 1. The Morgan fingerprint density at radius 3 is 3.00 bits per heavy atom. The van der Waals surface area contributed by atoms with E-state index in [2.05, 4.69) is 10.5 Å². The number of alkyl halides is 1. The van der Waals surface area contributed by atoms with Gasteiger partial charge >= 0.3 is 0 Å². The van der Waals surface area contributed by atoms with E-state index in [0.717, 1.165) is 0 Å². The van der Waals surface area contributed by atoms with Crippen LogP contribution in [-0.4, -0.2) is 23.0 Å². The minimum Gasteiger partial charge on any atom is -0.361 e. The van der Waals surface area contributed by atoms with E-state index >= 15 is 0 Å². The molecule has 72 valence electrons. The van der Waals surface area contributed by atoms with Crippen molar-refractivity contribution in [3.8, 4) is 0 Å². The van der Waals surface area contributed by atoms with Crippen molar-refractivity contribution in [3.05, 3.63) is 17.5 Å². The van der Waals surface area contributed by atoms with Gasteiger partial charge in [0.1, 0.15) is 11.3 Å². The van der Waals surface area contributed by atoms with Gasteiger partial charge in [-0.25, -0.2) is 0 Å². The normalized spacial score (nSPS) is 12.5. The summed E-state index contributed by atoms with van der Waals surface area (Å²) in [5, 5.41) is 6.08. The molecule has 1 aromatic heterocycles. The van der Waals surface area contributed by atoms with Crippen molar-refractivity contribution in [3.63, 3.8) is 0 Å². The molecule has 1 unspecified atom stereocenters. The van der Waals surface area contributed by atoms with Crippen molar-refractivity contribution < 1.29 is 9.32 Å². The SMILES string of the molecule is Cc1oncc1C(=O)NCC(C)Cl. The smallest absolute Gasteiger partial charge is 0.256 e. The Hall–Kier alpha value is -1.03. The fourth-order valence-electron chi connectivity index (χ4n) is 0.845. The summed E-state index contributed by atoms with van der Waals surface area (Å²) < 4.78 is 4.75. The molecule has 0 saturated heterocycles. The quantitative estimate of drug-likeness (QED) is 0.753. The number of nitrogens with zero attached hydrogens (tertiary/aromatic N) is 1. The largest absolute Gasteiger partial charge is 0.361 e. The predicted molar refractivity (Wildman–Crippen MR) is 48.9 cm³/mol. The molecule has 0 saturated carbocycles. The molecule has 1 aromatic rings. The molecule has 0 fully saturated rings. The number of nitrogens with one attached hydrogen (secondary N) is 1. The second-order valence-corrected chi connectivity index (χ2v) is 3.53. The molecule has 0 aliphatic carbocycles. The molecule has 1 amide bonds. The van der Waals surface area contributed by atoms with Gasteiger partial charge in [-0.2, -0.15) is 0 Å². The number of carbonyl (C=O) groups excluding carboxylic acids is 1. The first-order chi connectivity index (χ1) is 6.11. The number of aromatic nitrogens is 1. The van der Waals surface area contributed by atoms with Crippen molar-refractivity contribution in [2.24, 2.45) is 0 Å². The van der Waals surface area contributed by atoms with Crippen LogP contribution in [-0.2, 0) is 0 Å². The number of hydrogen-bond acceptors (Lipinski definition) is 3. The van der Waals surface area contributed by atoms with Gasteiger partial charge in [0.2, 0.25) is 0 Å². The van der Waals surface area contributed by atoms with Crippen LogP contribution < -0.4 is 5.32 Å². The van der Waals surface area contributed by atoms with Gasteiger partial charge in [-0.1, -0.05) is 5.16 Å². The first kappa shape index (κ1) is 10.1. The fourth-order valence-corrected chi connectivity index (χ4v) is 0.922. The number of halogens is 1. The average Bonchev–Trinajstić information content (AvgIpc) is 2.47. The van der Waals surface area contributed by atoms with E-state index < -0.39 is 0 Å². The number of aryl methyl sites for hydroxylation is 1. The van der Waals surface area contributed by atoms with Gasteiger partial charge in [-0.15, -0.1) is 11.6 Å². The average molecular weight is 203 g/mol. The molecular weight excluding hydrogens is 192 g/mol. The lowest BCUT2D eigenvalue weighted by atomic mass is 10.2. The highest BCUT2D eigenvalue weighted by atomic mass is 35.5. The summed E-state index contributed by atoms with van der Waals surface area (Å²) in [5.41, 5.74) is 0.456. The summed E-state index contributed by atoms with van der Waals surface area (Å²) in [4.78, 5) is 11.4. The summed E-state index contributed by atoms with van der Waals surface area (Å²) in [6.45, 7) is 3.93. The third-order valence-electron chi connectivity index (χ3n) is 1.54. The number of amides is 1. The maximum atomic E-state index is 11.4. The maximum absolute atomic E-state index is 11.4. The van der Waals surface area contributed by atoms with Gasteiger partial charge in [-0.3, -0.25) is 4.79 Å². The molecule has 1 atom stereocenters. The lowest BCUT2D eigenvalue weighted by molar-refractivity contribution is 0.0952. The fraction of sp³-hybridized carbons (Fsp3) is 0.500. The first-order valence-corrected chi connectivity index (χ1v) is 4.38. The molecule has 0 bridgehead atoms. The molecule has 1 rings (SSSR count). The van der Waals surface area contributed by atoms with Crippen LogP contribution in [0.15, 0.2) is 10.7 Å². The van der Waals surface area contributed by atoms with Crippen LogP contribution in [0.2, 0.25) is 0 Å². The standard InChI is InChI=1S/C8H11ClN2O2/c1-5(9)3-10-8(12)7-4-11-13-6(7)2/h4-5H,3H2,1-2H3,(H,10,12). The third kappa shape index (κ3) is 2.73.